The van der Waals surface area contributed by atoms with Gasteiger partial charge < -0.3 is 19.9 Å². The highest BCUT2D eigenvalue weighted by Gasteiger charge is 2.17. The minimum absolute atomic E-state index is 0.0457. The molecule has 1 aromatic heterocycles. The summed E-state index contributed by atoms with van der Waals surface area (Å²) in [6, 6.07) is 3.04. The molecule has 0 saturated carbocycles. The predicted octanol–water partition coefficient (Wildman–Crippen LogP) is 3.47. The van der Waals surface area contributed by atoms with Gasteiger partial charge >= 0.3 is 5.97 Å². The molecule has 0 unspecified atom stereocenters. The average molecular weight is 399 g/mol. The van der Waals surface area contributed by atoms with Gasteiger partial charge in [-0.05, 0) is 18.1 Å². The first-order valence-electron chi connectivity index (χ1n) is 7.78. The first-order chi connectivity index (χ1) is 12.3. The molecule has 0 radical (unpaired) electrons. The number of aromatic nitrogens is 1. The number of nitrogens with one attached hydrogen (secondary N) is 1. The largest absolute Gasteiger partial charge is 0.493 e. The van der Waals surface area contributed by atoms with Crippen LogP contribution in [0.4, 0.5) is 0 Å². The van der Waals surface area contributed by atoms with Crippen LogP contribution < -0.4 is 14.8 Å². The lowest BCUT2D eigenvalue weighted by Crippen LogP contribution is -2.23. The minimum Gasteiger partial charge on any atom is -0.493 e. The molecule has 0 aliphatic heterocycles. The van der Waals surface area contributed by atoms with Crippen LogP contribution in [0.5, 0.6) is 11.5 Å². The molecule has 0 aliphatic carbocycles. The Morgan fingerprint density at radius 3 is 2.69 bits per heavy atom. The van der Waals surface area contributed by atoms with Gasteiger partial charge in [-0.3, -0.25) is 4.79 Å². The molecule has 0 atom stereocenters. The van der Waals surface area contributed by atoms with E-state index in [-0.39, 0.29) is 23.2 Å². The summed E-state index contributed by atoms with van der Waals surface area (Å²) in [4.78, 5) is 27.1. The Balaban J connectivity index is 2.10. The Kier molecular flexibility index (Phi) is 6.82. The van der Waals surface area contributed by atoms with Crippen LogP contribution in [-0.2, 0) is 6.54 Å². The number of nitrogens with zero attached hydrogens (tertiary/aromatic N) is 1. The summed E-state index contributed by atoms with van der Waals surface area (Å²) in [5, 5.41) is 13.7. The number of carbonyl (C=O) groups excluding carboxylic acids is 1. The highest BCUT2D eigenvalue weighted by Crippen LogP contribution is 2.36. The third-order valence-corrected chi connectivity index (χ3v) is 4.35. The Bertz CT molecular complexity index is 806. The highest BCUT2D eigenvalue weighted by atomic mass is 35.5. The summed E-state index contributed by atoms with van der Waals surface area (Å²) < 4.78 is 10.9. The summed E-state index contributed by atoms with van der Waals surface area (Å²) in [5.74, 6) is -0.413. The molecule has 0 aliphatic rings. The zero-order chi connectivity index (χ0) is 19.3. The van der Waals surface area contributed by atoms with E-state index in [4.69, 9.17) is 26.2 Å². The number of aromatic carboxylic acids is 1. The van der Waals surface area contributed by atoms with E-state index >= 15 is 0 Å². The fraction of sp³-hybridized carbons (Fsp3) is 0.353. The standard InChI is InChI=1S/C17H19ClN2O5S/c1-9(2)7-25-15-11(18)4-10(5-13(15)24-3)16(21)19-6-14-20-12(8-26-14)17(22)23/h4-5,8-9H,6-7H2,1-3H3,(H,19,21)(H,22,23). The molecule has 0 fully saturated rings. The van der Waals surface area contributed by atoms with Crippen molar-refractivity contribution >= 4 is 34.8 Å². The monoisotopic (exact) mass is 398 g/mol. The number of hydrogen-bond donors (Lipinski definition) is 2. The molecule has 0 saturated heterocycles. The normalized spacial score (nSPS) is 10.7. The Morgan fingerprint density at radius 2 is 2.12 bits per heavy atom. The quantitative estimate of drug-likeness (QED) is 0.706. The Hall–Kier alpha value is -2.32. The average Bonchev–Trinajstić information content (AvgIpc) is 3.07. The number of amides is 1. The molecule has 0 bridgehead atoms. The summed E-state index contributed by atoms with van der Waals surface area (Å²) in [6.07, 6.45) is 0. The van der Waals surface area contributed by atoms with Crippen molar-refractivity contribution in [3.8, 4) is 11.5 Å². The number of benzene rings is 1. The van der Waals surface area contributed by atoms with E-state index in [1.807, 2.05) is 13.8 Å². The lowest BCUT2D eigenvalue weighted by molar-refractivity contribution is 0.0691. The van der Waals surface area contributed by atoms with Crippen molar-refractivity contribution in [1.82, 2.24) is 10.3 Å². The second-order valence-electron chi connectivity index (χ2n) is 5.81. The number of rotatable bonds is 8. The van der Waals surface area contributed by atoms with Gasteiger partial charge in [0.15, 0.2) is 17.2 Å². The van der Waals surface area contributed by atoms with Crippen molar-refractivity contribution < 1.29 is 24.2 Å². The zero-order valence-corrected chi connectivity index (χ0v) is 16.1. The summed E-state index contributed by atoms with van der Waals surface area (Å²) in [6.45, 7) is 4.60. The van der Waals surface area contributed by atoms with Crippen molar-refractivity contribution in [2.45, 2.75) is 20.4 Å². The maximum atomic E-state index is 12.4. The van der Waals surface area contributed by atoms with Crippen molar-refractivity contribution in [3.05, 3.63) is 38.8 Å². The van der Waals surface area contributed by atoms with E-state index in [0.29, 0.717) is 34.6 Å². The number of carboxylic acids is 1. The molecule has 1 aromatic carbocycles. The maximum Gasteiger partial charge on any atom is 0.355 e. The molecule has 1 amide bonds. The predicted molar refractivity (Wildman–Crippen MR) is 98.6 cm³/mol. The van der Waals surface area contributed by atoms with E-state index in [9.17, 15) is 9.59 Å². The number of ether oxygens (including phenoxy) is 2. The molecule has 2 aromatic rings. The van der Waals surface area contributed by atoms with Crippen LogP contribution >= 0.6 is 22.9 Å². The van der Waals surface area contributed by atoms with Gasteiger partial charge in [-0.1, -0.05) is 25.4 Å². The van der Waals surface area contributed by atoms with Crippen molar-refractivity contribution in [3.63, 3.8) is 0 Å². The molecule has 7 nitrogen and oxygen atoms in total. The van der Waals surface area contributed by atoms with E-state index < -0.39 is 5.97 Å². The molecule has 2 N–H and O–H groups in total. The molecule has 2 rings (SSSR count). The number of carboxylic acid groups (broad SMARTS) is 1. The van der Waals surface area contributed by atoms with E-state index in [0.717, 1.165) is 11.3 Å². The molecular weight excluding hydrogens is 380 g/mol. The lowest BCUT2D eigenvalue weighted by atomic mass is 10.2. The SMILES string of the molecule is COc1cc(C(=O)NCc2nc(C(=O)O)cs2)cc(Cl)c1OCC(C)C. The fourth-order valence-corrected chi connectivity index (χ4v) is 2.96. The van der Waals surface area contributed by atoms with Gasteiger partial charge in [0.1, 0.15) is 5.01 Å². The molecule has 140 valence electrons. The second-order valence-corrected chi connectivity index (χ2v) is 7.16. The number of hydrogen-bond acceptors (Lipinski definition) is 6. The fourth-order valence-electron chi connectivity index (χ4n) is 1.99. The molecule has 0 spiro atoms. The van der Waals surface area contributed by atoms with Crippen LogP contribution in [0.15, 0.2) is 17.5 Å². The van der Waals surface area contributed by atoms with Crippen molar-refractivity contribution in [1.29, 1.82) is 0 Å². The van der Waals surface area contributed by atoms with E-state index in [2.05, 4.69) is 10.3 Å². The number of thiazole rings is 1. The molecule has 1 heterocycles. The van der Waals surface area contributed by atoms with Crippen molar-refractivity contribution in [2.75, 3.05) is 13.7 Å². The Labute approximate surface area is 159 Å². The first-order valence-corrected chi connectivity index (χ1v) is 9.03. The summed E-state index contributed by atoms with van der Waals surface area (Å²) in [5.41, 5.74) is 0.259. The maximum absolute atomic E-state index is 12.4. The van der Waals surface area contributed by atoms with Gasteiger partial charge in [0.2, 0.25) is 0 Å². The topological polar surface area (TPSA) is 97.8 Å². The number of halogens is 1. The summed E-state index contributed by atoms with van der Waals surface area (Å²) in [7, 11) is 1.47. The molecular formula is C17H19ClN2O5S. The van der Waals surface area contributed by atoms with Crippen LogP contribution in [0.2, 0.25) is 5.02 Å². The van der Waals surface area contributed by atoms with Gasteiger partial charge in [0.05, 0.1) is 25.3 Å². The van der Waals surface area contributed by atoms with E-state index in [1.165, 1.54) is 18.6 Å². The van der Waals surface area contributed by atoms with Crippen molar-refractivity contribution in [2.24, 2.45) is 5.92 Å². The van der Waals surface area contributed by atoms with Gasteiger partial charge in [-0.2, -0.15) is 0 Å². The Morgan fingerprint density at radius 1 is 1.38 bits per heavy atom. The van der Waals surface area contributed by atoms with Gasteiger partial charge in [0.25, 0.3) is 5.91 Å². The lowest BCUT2D eigenvalue weighted by Gasteiger charge is -2.15. The summed E-state index contributed by atoms with van der Waals surface area (Å²) >= 11 is 7.40. The van der Waals surface area contributed by atoms with Crippen LogP contribution in [0, 0.1) is 5.92 Å². The minimum atomic E-state index is -1.10. The van der Waals surface area contributed by atoms with Gasteiger partial charge in [0, 0.05) is 10.9 Å². The highest BCUT2D eigenvalue weighted by molar-refractivity contribution is 7.09. The third kappa shape index (κ3) is 5.09. The number of carbonyl (C=O) groups is 2. The van der Waals surface area contributed by atoms with Crippen LogP contribution in [0.3, 0.4) is 0 Å². The first kappa shape index (κ1) is 20.0. The van der Waals surface area contributed by atoms with Gasteiger partial charge in [-0.15, -0.1) is 11.3 Å². The van der Waals surface area contributed by atoms with Gasteiger partial charge in [-0.25, -0.2) is 9.78 Å². The number of methoxy groups -OCH3 is 1. The van der Waals surface area contributed by atoms with E-state index in [1.54, 1.807) is 6.07 Å². The van der Waals surface area contributed by atoms with Crippen LogP contribution in [-0.4, -0.2) is 35.7 Å². The molecule has 9 heteroatoms. The van der Waals surface area contributed by atoms with Crippen LogP contribution in [0.1, 0.15) is 39.7 Å². The zero-order valence-electron chi connectivity index (χ0n) is 14.5. The third-order valence-electron chi connectivity index (χ3n) is 3.22. The smallest absolute Gasteiger partial charge is 0.355 e. The second kappa shape index (κ2) is 8.86. The molecule has 26 heavy (non-hydrogen) atoms. The van der Waals surface area contributed by atoms with Crippen LogP contribution in [0.25, 0.3) is 0 Å².